The highest BCUT2D eigenvalue weighted by Crippen LogP contribution is 2.25. The lowest BCUT2D eigenvalue weighted by atomic mass is 10.2. The van der Waals surface area contributed by atoms with Crippen LogP contribution in [0.4, 0.5) is 5.69 Å². The minimum Gasteiger partial charge on any atom is -0.325 e. The normalized spacial score (nSPS) is 19.6. The summed E-state index contributed by atoms with van der Waals surface area (Å²) in [5.74, 6) is -0.132. The lowest BCUT2D eigenvalue weighted by Gasteiger charge is -2.26. The minimum atomic E-state index is -3.50. The van der Waals surface area contributed by atoms with Gasteiger partial charge in [0.1, 0.15) is 0 Å². The van der Waals surface area contributed by atoms with Gasteiger partial charge in [-0.1, -0.05) is 25.3 Å². The molecule has 0 aromatic heterocycles. The van der Waals surface area contributed by atoms with Gasteiger partial charge in [0.15, 0.2) is 0 Å². The Morgan fingerprint density at radius 3 is 2.50 bits per heavy atom. The number of nitrogens with zero attached hydrogens (tertiary/aromatic N) is 1. The van der Waals surface area contributed by atoms with Crippen LogP contribution < -0.4 is 10.6 Å². The van der Waals surface area contributed by atoms with Crippen LogP contribution in [0, 0.1) is 6.92 Å². The number of piperidine rings is 1. The van der Waals surface area contributed by atoms with Crippen LogP contribution in [0.25, 0.3) is 0 Å². The molecule has 7 heteroatoms. The van der Waals surface area contributed by atoms with E-state index in [1.54, 1.807) is 22.5 Å². The van der Waals surface area contributed by atoms with Crippen LogP contribution in [0.3, 0.4) is 0 Å². The van der Waals surface area contributed by atoms with Crippen LogP contribution in [0.2, 0.25) is 0 Å². The number of amides is 1. The monoisotopic (exact) mass is 379 g/mol. The topological polar surface area (TPSA) is 78.5 Å². The highest BCUT2D eigenvalue weighted by molar-refractivity contribution is 7.89. The molecule has 2 fully saturated rings. The van der Waals surface area contributed by atoms with E-state index in [0.29, 0.717) is 24.8 Å². The first kappa shape index (κ1) is 19.3. The van der Waals surface area contributed by atoms with Gasteiger partial charge in [-0.05, 0) is 50.3 Å². The van der Waals surface area contributed by atoms with Gasteiger partial charge in [-0.3, -0.25) is 4.79 Å². The van der Waals surface area contributed by atoms with Gasteiger partial charge in [0.2, 0.25) is 15.9 Å². The summed E-state index contributed by atoms with van der Waals surface area (Å²) in [5, 5.41) is 6.14. The average Bonchev–Trinajstić information content (AvgIpc) is 3.16. The van der Waals surface area contributed by atoms with Gasteiger partial charge in [-0.25, -0.2) is 8.42 Å². The van der Waals surface area contributed by atoms with Crippen molar-refractivity contribution in [2.45, 2.75) is 62.8 Å². The molecule has 1 aromatic carbocycles. The number of anilines is 1. The number of carbonyl (C=O) groups is 1. The maximum atomic E-state index is 12.8. The van der Waals surface area contributed by atoms with Crippen molar-refractivity contribution in [3.05, 3.63) is 23.8 Å². The molecular weight excluding hydrogens is 350 g/mol. The van der Waals surface area contributed by atoms with Crippen LogP contribution in [0.15, 0.2) is 23.1 Å². The second-order valence-corrected chi connectivity index (χ2v) is 9.29. The number of carbonyl (C=O) groups excluding carboxylic acids is 1. The molecule has 0 radical (unpaired) electrons. The fourth-order valence-electron chi connectivity index (χ4n) is 3.71. The van der Waals surface area contributed by atoms with Gasteiger partial charge in [0, 0.05) is 24.8 Å². The number of aryl methyl sites for hydroxylation is 1. The summed E-state index contributed by atoms with van der Waals surface area (Å²) in [7, 11) is -3.50. The predicted molar refractivity (Wildman–Crippen MR) is 103 cm³/mol. The van der Waals surface area contributed by atoms with E-state index >= 15 is 0 Å². The third-order valence-corrected chi connectivity index (χ3v) is 7.24. The highest BCUT2D eigenvalue weighted by Gasteiger charge is 2.26. The fourth-order valence-corrected chi connectivity index (χ4v) is 5.26. The minimum absolute atomic E-state index is 0.132. The molecule has 6 nitrogen and oxygen atoms in total. The Kier molecular flexibility index (Phi) is 6.32. The average molecular weight is 380 g/mol. The maximum Gasteiger partial charge on any atom is 0.243 e. The Morgan fingerprint density at radius 1 is 1.12 bits per heavy atom. The predicted octanol–water partition coefficient (Wildman–Crippen LogP) is 2.64. The number of sulfonamides is 1. The number of hydrogen-bond donors (Lipinski definition) is 2. The molecule has 1 aliphatic heterocycles. The summed E-state index contributed by atoms with van der Waals surface area (Å²) in [6.07, 6.45) is 7.56. The maximum absolute atomic E-state index is 12.8. The van der Waals surface area contributed by atoms with Gasteiger partial charge in [-0.2, -0.15) is 4.31 Å². The summed E-state index contributed by atoms with van der Waals surface area (Å²) < 4.78 is 27.2. The van der Waals surface area contributed by atoms with E-state index in [4.69, 9.17) is 0 Å². The van der Waals surface area contributed by atoms with Crippen LogP contribution in [0.1, 0.15) is 50.5 Å². The zero-order chi connectivity index (χ0) is 18.6. The van der Waals surface area contributed by atoms with E-state index in [1.165, 1.54) is 12.8 Å². The van der Waals surface area contributed by atoms with Gasteiger partial charge < -0.3 is 10.6 Å². The molecular formula is C19H29N3O3S. The molecule has 1 heterocycles. The molecule has 0 atom stereocenters. The molecule has 0 spiro atoms. The summed E-state index contributed by atoms with van der Waals surface area (Å²) in [6.45, 7) is 3.27. The molecule has 1 aliphatic carbocycles. The Bertz CT molecular complexity index is 736. The second kappa shape index (κ2) is 8.50. The summed E-state index contributed by atoms with van der Waals surface area (Å²) in [4.78, 5) is 12.5. The van der Waals surface area contributed by atoms with Crippen LogP contribution in [0.5, 0.6) is 0 Å². The molecule has 0 unspecified atom stereocenters. The molecule has 3 rings (SSSR count). The zero-order valence-electron chi connectivity index (χ0n) is 15.5. The van der Waals surface area contributed by atoms with Crippen LogP contribution in [-0.2, 0) is 14.8 Å². The van der Waals surface area contributed by atoms with Crippen LogP contribution >= 0.6 is 0 Å². The first-order chi connectivity index (χ1) is 12.5. The summed E-state index contributed by atoms with van der Waals surface area (Å²) >= 11 is 0. The van der Waals surface area contributed by atoms with E-state index in [0.717, 1.165) is 37.7 Å². The van der Waals surface area contributed by atoms with E-state index in [2.05, 4.69) is 10.6 Å². The van der Waals surface area contributed by atoms with Crippen molar-refractivity contribution in [1.29, 1.82) is 0 Å². The quantitative estimate of drug-likeness (QED) is 0.796. The van der Waals surface area contributed by atoms with E-state index in [9.17, 15) is 13.2 Å². The van der Waals surface area contributed by atoms with Crippen molar-refractivity contribution < 1.29 is 13.2 Å². The molecule has 26 heavy (non-hydrogen) atoms. The first-order valence-corrected chi connectivity index (χ1v) is 11.0. The third kappa shape index (κ3) is 4.64. The number of hydrogen-bond acceptors (Lipinski definition) is 4. The second-order valence-electron chi connectivity index (χ2n) is 7.35. The molecule has 0 bridgehead atoms. The lowest BCUT2D eigenvalue weighted by Crippen LogP contribution is -2.36. The SMILES string of the molecule is Cc1ccc(S(=O)(=O)N2CCCCC2)cc1NC(=O)CNC1CCCC1. The Hall–Kier alpha value is -1.44. The summed E-state index contributed by atoms with van der Waals surface area (Å²) in [5.41, 5.74) is 1.43. The molecule has 1 saturated carbocycles. The number of benzene rings is 1. The van der Waals surface area contributed by atoms with Gasteiger partial charge in [0.25, 0.3) is 0 Å². The molecule has 2 aliphatic rings. The van der Waals surface area contributed by atoms with Crippen molar-refractivity contribution in [2.24, 2.45) is 0 Å². The van der Waals surface area contributed by atoms with Gasteiger partial charge >= 0.3 is 0 Å². The van der Waals surface area contributed by atoms with Crippen molar-refractivity contribution in [3.63, 3.8) is 0 Å². The van der Waals surface area contributed by atoms with E-state index < -0.39 is 10.0 Å². The van der Waals surface area contributed by atoms with Crippen molar-refractivity contribution in [1.82, 2.24) is 9.62 Å². The molecule has 1 amide bonds. The first-order valence-electron chi connectivity index (χ1n) is 9.61. The third-order valence-electron chi connectivity index (χ3n) is 5.34. The lowest BCUT2D eigenvalue weighted by molar-refractivity contribution is -0.115. The fraction of sp³-hybridized carbons (Fsp3) is 0.632. The van der Waals surface area contributed by atoms with Crippen molar-refractivity contribution >= 4 is 21.6 Å². The molecule has 2 N–H and O–H groups in total. The largest absolute Gasteiger partial charge is 0.325 e. The highest BCUT2D eigenvalue weighted by atomic mass is 32.2. The van der Waals surface area contributed by atoms with Crippen molar-refractivity contribution in [2.75, 3.05) is 25.0 Å². The Balaban J connectivity index is 1.67. The van der Waals surface area contributed by atoms with E-state index in [-0.39, 0.29) is 17.3 Å². The van der Waals surface area contributed by atoms with Crippen molar-refractivity contribution in [3.8, 4) is 0 Å². The Morgan fingerprint density at radius 2 is 1.81 bits per heavy atom. The van der Waals surface area contributed by atoms with E-state index in [1.807, 2.05) is 6.92 Å². The van der Waals surface area contributed by atoms with Gasteiger partial charge in [0.05, 0.1) is 11.4 Å². The Labute approximate surface area is 156 Å². The smallest absolute Gasteiger partial charge is 0.243 e. The molecule has 1 saturated heterocycles. The summed E-state index contributed by atoms with van der Waals surface area (Å²) in [6, 6.07) is 5.41. The standard InChI is InChI=1S/C19H29N3O3S/c1-15-9-10-17(26(24,25)22-11-5-2-6-12-22)13-18(15)21-19(23)14-20-16-7-3-4-8-16/h9-10,13,16,20H,2-8,11-12,14H2,1H3,(H,21,23). The van der Waals surface area contributed by atoms with Gasteiger partial charge in [-0.15, -0.1) is 0 Å². The number of nitrogens with one attached hydrogen (secondary N) is 2. The number of rotatable bonds is 6. The van der Waals surface area contributed by atoms with Crippen LogP contribution in [-0.4, -0.2) is 44.3 Å². The molecule has 1 aromatic rings. The molecule has 144 valence electrons. The zero-order valence-corrected chi connectivity index (χ0v) is 16.3.